The highest BCUT2D eigenvalue weighted by atomic mass is 15.2. The molecule has 4 heteroatoms. The van der Waals surface area contributed by atoms with E-state index >= 15 is 0 Å². The molecule has 4 aromatic heterocycles. The van der Waals surface area contributed by atoms with E-state index in [0.717, 1.165) is 17.6 Å². The Hall–Kier alpha value is -2.62. The Morgan fingerprint density at radius 1 is 1.00 bits per heavy atom. The van der Waals surface area contributed by atoms with Crippen molar-refractivity contribution in [2.45, 2.75) is 51.9 Å². The van der Waals surface area contributed by atoms with Crippen LogP contribution in [0.2, 0.25) is 0 Å². The molecule has 0 fully saturated rings. The second kappa shape index (κ2) is 5.70. The van der Waals surface area contributed by atoms with E-state index in [1.807, 2.05) is 29.3 Å². The number of rotatable bonds is 3. The lowest BCUT2D eigenvalue weighted by molar-refractivity contribution is 0.512. The summed E-state index contributed by atoms with van der Waals surface area (Å²) in [6.45, 7) is 11.2. The van der Waals surface area contributed by atoms with Crippen molar-refractivity contribution in [3.05, 3.63) is 72.1 Å². The first-order valence-electron chi connectivity index (χ1n) is 9.15. The molecule has 134 valence electrons. The number of pyridine rings is 2. The molecule has 0 bridgehead atoms. The van der Waals surface area contributed by atoms with E-state index in [2.05, 4.69) is 74.4 Å². The van der Waals surface area contributed by atoms with Gasteiger partial charge in [-0.15, -0.1) is 0 Å². The van der Waals surface area contributed by atoms with Crippen molar-refractivity contribution in [3.63, 3.8) is 0 Å². The molecule has 0 aliphatic heterocycles. The SMILES string of the molecule is CC(C)(C)c1ncn2c(CC(C)(C)c3ccn4nccc4c3)cccc12. The van der Waals surface area contributed by atoms with Crippen LogP contribution in [0.25, 0.3) is 11.0 Å². The third kappa shape index (κ3) is 2.79. The van der Waals surface area contributed by atoms with Gasteiger partial charge in [-0.2, -0.15) is 5.10 Å². The number of fused-ring (bicyclic) bond motifs is 2. The first-order chi connectivity index (χ1) is 12.3. The Morgan fingerprint density at radius 2 is 1.81 bits per heavy atom. The quantitative estimate of drug-likeness (QED) is 0.534. The van der Waals surface area contributed by atoms with Crippen LogP contribution in [0, 0.1) is 0 Å². The zero-order chi connectivity index (χ0) is 18.5. The molecule has 0 saturated carbocycles. The Kier molecular flexibility index (Phi) is 3.69. The van der Waals surface area contributed by atoms with Crippen LogP contribution in [0.15, 0.2) is 55.1 Å². The predicted octanol–water partition coefficient (Wildman–Crippen LogP) is 4.80. The van der Waals surface area contributed by atoms with Gasteiger partial charge in [0, 0.05) is 23.5 Å². The highest BCUT2D eigenvalue weighted by Crippen LogP contribution is 2.31. The highest BCUT2D eigenvalue weighted by molar-refractivity contribution is 5.56. The lowest BCUT2D eigenvalue weighted by Gasteiger charge is -2.26. The van der Waals surface area contributed by atoms with E-state index in [-0.39, 0.29) is 10.8 Å². The molecule has 0 unspecified atom stereocenters. The van der Waals surface area contributed by atoms with Gasteiger partial charge in [-0.05, 0) is 47.7 Å². The number of hydrogen-bond donors (Lipinski definition) is 0. The van der Waals surface area contributed by atoms with Gasteiger partial charge in [-0.3, -0.25) is 0 Å². The fourth-order valence-corrected chi connectivity index (χ4v) is 3.70. The van der Waals surface area contributed by atoms with Gasteiger partial charge < -0.3 is 4.40 Å². The highest BCUT2D eigenvalue weighted by Gasteiger charge is 2.25. The molecule has 0 aliphatic rings. The minimum absolute atomic E-state index is 0.00642. The van der Waals surface area contributed by atoms with Crippen molar-refractivity contribution in [3.8, 4) is 0 Å². The molecule has 0 atom stereocenters. The minimum atomic E-state index is 0.00642. The summed E-state index contributed by atoms with van der Waals surface area (Å²) in [4.78, 5) is 4.72. The summed E-state index contributed by atoms with van der Waals surface area (Å²) in [6.07, 6.45) is 6.80. The molecule has 0 saturated heterocycles. The van der Waals surface area contributed by atoms with E-state index in [1.165, 1.54) is 16.8 Å². The summed E-state index contributed by atoms with van der Waals surface area (Å²) in [5.74, 6) is 0. The van der Waals surface area contributed by atoms with E-state index in [1.54, 1.807) is 0 Å². The maximum atomic E-state index is 4.72. The van der Waals surface area contributed by atoms with E-state index in [9.17, 15) is 0 Å². The molecule has 0 aromatic carbocycles. The van der Waals surface area contributed by atoms with Crippen molar-refractivity contribution < 1.29 is 0 Å². The standard InChI is InChI=1S/C22H26N4/c1-21(2,3)20-19-8-6-7-18(25(19)15-23-20)14-22(4,5)16-10-12-26-17(13-16)9-11-24-26/h6-13,15H,14H2,1-5H3. The van der Waals surface area contributed by atoms with Gasteiger partial charge in [0.15, 0.2) is 0 Å². The van der Waals surface area contributed by atoms with Gasteiger partial charge in [0.05, 0.1) is 23.1 Å². The largest absolute Gasteiger partial charge is 0.303 e. The number of imidazole rings is 1. The van der Waals surface area contributed by atoms with Crippen LogP contribution in [-0.4, -0.2) is 19.0 Å². The monoisotopic (exact) mass is 346 g/mol. The average molecular weight is 346 g/mol. The van der Waals surface area contributed by atoms with Crippen LogP contribution >= 0.6 is 0 Å². The van der Waals surface area contributed by atoms with E-state index in [0.29, 0.717) is 0 Å². The summed E-state index contributed by atoms with van der Waals surface area (Å²) in [6, 6.07) is 13.0. The van der Waals surface area contributed by atoms with Gasteiger partial charge in [0.1, 0.15) is 0 Å². The summed E-state index contributed by atoms with van der Waals surface area (Å²) in [5, 5.41) is 4.30. The fraction of sp³-hybridized carbons (Fsp3) is 0.364. The maximum absolute atomic E-state index is 4.72. The third-order valence-corrected chi connectivity index (χ3v) is 5.17. The smallest absolute Gasteiger partial charge is 0.0998 e. The molecule has 0 radical (unpaired) electrons. The second-order valence-electron chi connectivity index (χ2n) is 8.79. The molecule has 4 nitrogen and oxygen atoms in total. The van der Waals surface area contributed by atoms with Gasteiger partial charge in [-0.1, -0.05) is 40.7 Å². The van der Waals surface area contributed by atoms with Crippen molar-refractivity contribution in [1.82, 2.24) is 19.0 Å². The molecule has 0 spiro atoms. The number of aromatic nitrogens is 4. The third-order valence-electron chi connectivity index (χ3n) is 5.17. The molecular formula is C22H26N4. The van der Waals surface area contributed by atoms with Gasteiger partial charge >= 0.3 is 0 Å². The lowest BCUT2D eigenvalue weighted by Crippen LogP contribution is -2.22. The van der Waals surface area contributed by atoms with Crippen LogP contribution in [0.1, 0.15) is 51.6 Å². The van der Waals surface area contributed by atoms with Crippen LogP contribution in [-0.2, 0) is 17.3 Å². The minimum Gasteiger partial charge on any atom is -0.303 e. The molecule has 4 aromatic rings. The van der Waals surface area contributed by atoms with E-state index < -0.39 is 0 Å². The molecule has 0 N–H and O–H groups in total. The second-order valence-corrected chi connectivity index (χ2v) is 8.79. The molecular weight excluding hydrogens is 320 g/mol. The van der Waals surface area contributed by atoms with Crippen LogP contribution in [0.5, 0.6) is 0 Å². The fourth-order valence-electron chi connectivity index (χ4n) is 3.70. The first kappa shape index (κ1) is 16.8. The zero-order valence-electron chi connectivity index (χ0n) is 16.2. The lowest BCUT2D eigenvalue weighted by atomic mass is 9.80. The zero-order valence-corrected chi connectivity index (χ0v) is 16.2. The maximum Gasteiger partial charge on any atom is 0.0998 e. The number of nitrogens with zero attached hydrogens (tertiary/aromatic N) is 4. The summed E-state index contributed by atoms with van der Waals surface area (Å²) in [5.41, 5.74) is 6.13. The van der Waals surface area contributed by atoms with Crippen molar-refractivity contribution in [2.75, 3.05) is 0 Å². The molecule has 4 heterocycles. The Labute approximate surface area is 154 Å². The van der Waals surface area contributed by atoms with Crippen molar-refractivity contribution in [1.29, 1.82) is 0 Å². The molecule has 26 heavy (non-hydrogen) atoms. The van der Waals surface area contributed by atoms with Crippen molar-refractivity contribution in [2.24, 2.45) is 0 Å². The van der Waals surface area contributed by atoms with Crippen molar-refractivity contribution >= 4 is 11.0 Å². The van der Waals surface area contributed by atoms with Crippen LogP contribution in [0.3, 0.4) is 0 Å². The first-order valence-corrected chi connectivity index (χ1v) is 9.15. The summed E-state index contributed by atoms with van der Waals surface area (Å²) >= 11 is 0. The molecule has 0 aliphatic carbocycles. The van der Waals surface area contributed by atoms with Gasteiger partial charge in [0.2, 0.25) is 0 Å². The molecule has 4 rings (SSSR count). The average Bonchev–Trinajstić information content (AvgIpc) is 3.20. The van der Waals surface area contributed by atoms with Gasteiger partial charge in [-0.25, -0.2) is 9.50 Å². The topological polar surface area (TPSA) is 34.6 Å². The number of hydrogen-bond acceptors (Lipinski definition) is 2. The van der Waals surface area contributed by atoms with Crippen LogP contribution < -0.4 is 0 Å². The van der Waals surface area contributed by atoms with Crippen LogP contribution in [0.4, 0.5) is 0 Å². The normalized spacial score (nSPS) is 13.0. The summed E-state index contributed by atoms with van der Waals surface area (Å²) < 4.78 is 4.16. The Morgan fingerprint density at radius 3 is 2.58 bits per heavy atom. The molecule has 0 amide bonds. The Bertz CT molecular complexity index is 1080. The van der Waals surface area contributed by atoms with E-state index in [4.69, 9.17) is 4.98 Å². The Balaban J connectivity index is 1.75. The predicted molar refractivity (Wildman–Crippen MR) is 106 cm³/mol. The van der Waals surface area contributed by atoms with Gasteiger partial charge in [0.25, 0.3) is 0 Å². The summed E-state index contributed by atoms with van der Waals surface area (Å²) in [7, 11) is 0.